The lowest BCUT2D eigenvalue weighted by molar-refractivity contribution is 0.219. The summed E-state index contributed by atoms with van der Waals surface area (Å²) in [6, 6.07) is 1.04. The summed E-state index contributed by atoms with van der Waals surface area (Å²) in [4.78, 5) is 7.19. The van der Waals surface area contributed by atoms with Crippen LogP contribution in [0.2, 0.25) is 0 Å². The zero-order valence-corrected chi connectivity index (χ0v) is 12.8. The van der Waals surface area contributed by atoms with Crippen molar-refractivity contribution in [2.24, 2.45) is 0 Å². The fourth-order valence-electron chi connectivity index (χ4n) is 2.82. The Hall–Kier alpha value is -1.03. The number of nitrogens with one attached hydrogen (secondary N) is 1. The quantitative estimate of drug-likeness (QED) is 0.887. The van der Waals surface area contributed by atoms with Gasteiger partial charge in [-0.15, -0.1) is 0 Å². The van der Waals surface area contributed by atoms with Crippen LogP contribution in [-0.4, -0.2) is 40.1 Å². The average Bonchev–Trinajstić information content (AvgIpc) is 2.73. The van der Waals surface area contributed by atoms with Crippen molar-refractivity contribution in [3.63, 3.8) is 0 Å². The molecule has 1 aromatic rings. The molecule has 1 fully saturated rings. The van der Waals surface area contributed by atoms with Gasteiger partial charge in [-0.1, -0.05) is 6.92 Å². The lowest BCUT2D eigenvalue weighted by Crippen LogP contribution is -2.39. The van der Waals surface area contributed by atoms with E-state index >= 15 is 0 Å². The lowest BCUT2D eigenvalue weighted by Gasteiger charge is -2.32. The normalized spacial score (nSPS) is 18.2. The van der Waals surface area contributed by atoms with Crippen LogP contribution < -0.4 is 5.32 Å². The predicted molar refractivity (Wildman–Crippen MR) is 80.7 cm³/mol. The summed E-state index contributed by atoms with van der Waals surface area (Å²) < 4.78 is 2.24. The lowest BCUT2D eigenvalue weighted by atomic mass is 10.1. The maximum Gasteiger partial charge on any atom is 0.203 e. The van der Waals surface area contributed by atoms with Crippen LogP contribution in [0.3, 0.4) is 0 Å². The minimum atomic E-state index is 0.462. The molecule has 0 unspecified atom stereocenters. The van der Waals surface area contributed by atoms with Gasteiger partial charge >= 0.3 is 0 Å². The van der Waals surface area contributed by atoms with Gasteiger partial charge in [-0.25, -0.2) is 4.98 Å². The minimum Gasteiger partial charge on any atom is -0.353 e. The van der Waals surface area contributed by atoms with Crippen molar-refractivity contribution in [1.82, 2.24) is 14.5 Å². The van der Waals surface area contributed by atoms with Gasteiger partial charge in [-0.3, -0.25) is 0 Å². The number of piperidine rings is 1. The Balaban J connectivity index is 1.92. The van der Waals surface area contributed by atoms with Crippen LogP contribution in [-0.2, 0) is 0 Å². The number of aromatic nitrogens is 2. The highest BCUT2D eigenvalue weighted by atomic mass is 15.2. The third kappa shape index (κ3) is 3.72. The van der Waals surface area contributed by atoms with Gasteiger partial charge in [-0.05, 0) is 46.6 Å². The van der Waals surface area contributed by atoms with Crippen molar-refractivity contribution in [1.29, 1.82) is 0 Å². The van der Waals surface area contributed by atoms with E-state index in [0.29, 0.717) is 12.1 Å². The Morgan fingerprint density at radius 1 is 1.37 bits per heavy atom. The van der Waals surface area contributed by atoms with E-state index in [9.17, 15) is 0 Å². The second-order valence-corrected chi connectivity index (χ2v) is 5.97. The van der Waals surface area contributed by atoms with Gasteiger partial charge in [0, 0.05) is 31.4 Å². The van der Waals surface area contributed by atoms with E-state index in [4.69, 9.17) is 0 Å². The molecule has 0 bridgehead atoms. The van der Waals surface area contributed by atoms with E-state index < -0.39 is 0 Å². The van der Waals surface area contributed by atoms with Crippen LogP contribution in [0.25, 0.3) is 0 Å². The Kier molecular flexibility index (Phi) is 4.86. The molecule has 2 heterocycles. The topological polar surface area (TPSA) is 33.1 Å². The Labute approximate surface area is 117 Å². The first kappa shape index (κ1) is 14.4. The molecule has 0 saturated carbocycles. The van der Waals surface area contributed by atoms with Crippen LogP contribution >= 0.6 is 0 Å². The van der Waals surface area contributed by atoms with Gasteiger partial charge in [0.25, 0.3) is 0 Å². The molecule has 0 aliphatic carbocycles. The van der Waals surface area contributed by atoms with Crippen molar-refractivity contribution in [3.8, 4) is 0 Å². The second kappa shape index (κ2) is 6.42. The van der Waals surface area contributed by atoms with Gasteiger partial charge in [0.15, 0.2) is 0 Å². The van der Waals surface area contributed by atoms with Crippen LogP contribution in [0.4, 0.5) is 5.95 Å². The predicted octanol–water partition coefficient (Wildman–Crippen LogP) is 3.06. The zero-order valence-electron chi connectivity index (χ0n) is 12.8. The van der Waals surface area contributed by atoms with E-state index in [2.05, 4.69) is 53.7 Å². The fraction of sp³-hybridized carbons (Fsp3) is 0.800. The van der Waals surface area contributed by atoms with Crippen molar-refractivity contribution in [3.05, 3.63) is 11.9 Å². The Bertz CT molecular complexity index is 389. The highest BCUT2D eigenvalue weighted by molar-refractivity contribution is 5.31. The van der Waals surface area contributed by atoms with E-state index in [0.717, 1.165) is 11.6 Å². The zero-order chi connectivity index (χ0) is 13.8. The molecule has 0 aromatic carbocycles. The molecule has 1 aromatic heterocycles. The number of nitrogens with zero attached hydrogens (tertiary/aromatic N) is 3. The monoisotopic (exact) mass is 264 g/mol. The second-order valence-electron chi connectivity index (χ2n) is 5.97. The van der Waals surface area contributed by atoms with Crippen molar-refractivity contribution in [2.45, 2.75) is 59.0 Å². The van der Waals surface area contributed by atoms with Gasteiger partial charge in [0.2, 0.25) is 5.95 Å². The van der Waals surface area contributed by atoms with Crippen LogP contribution in [0.1, 0.15) is 51.8 Å². The first-order valence-electron chi connectivity index (χ1n) is 7.64. The molecule has 0 radical (unpaired) electrons. The van der Waals surface area contributed by atoms with E-state index in [1.54, 1.807) is 0 Å². The summed E-state index contributed by atoms with van der Waals surface area (Å²) in [6.07, 6.45) is 5.85. The maximum absolute atomic E-state index is 4.62. The molecule has 0 atom stereocenters. The SMILES string of the molecule is CCCN1CCC(Nc2nc(C)cn2C(C)C)CC1. The molecule has 2 rings (SSSR count). The van der Waals surface area contributed by atoms with Gasteiger partial charge < -0.3 is 14.8 Å². The maximum atomic E-state index is 4.62. The largest absolute Gasteiger partial charge is 0.353 e. The number of aryl methyl sites for hydroxylation is 1. The van der Waals surface area contributed by atoms with Crippen LogP contribution in [0, 0.1) is 6.92 Å². The van der Waals surface area contributed by atoms with Crippen molar-refractivity contribution < 1.29 is 0 Å². The first-order chi connectivity index (χ1) is 9.10. The van der Waals surface area contributed by atoms with Crippen LogP contribution in [0.5, 0.6) is 0 Å². The molecule has 0 amide bonds. The number of anilines is 1. The summed E-state index contributed by atoms with van der Waals surface area (Å²) in [5.41, 5.74) is 1.10. The number of imidazole rings is 1. The van der Waals surface area contributed by atoms with E-state index in [1.165, 1.54) is 38.9 Å². The van der Waals surface area contributed by atoms with Gasteiger partial charge in [-0.2, -0.15) is 0 Å². The average molecular weight is 264 g/mol. The Morgan fingerprint density at radius 3 is 2.63 bits per heavy atom. The third-order valence-electron chi connectivity index (χ3n) is 3.87. The molecular weight excluding hydrogens is 236 g/mol. The van der Waals surface area contributed by atoms with Gasteiger partial charge in [0.05, 0.1) is 5.69 Å². The highest BCUT2D eigenvalue weighted by Gasteiger charge is 2.20. The van der Waals surface area contributed by atoms with Gasteiger partial charge in [0.1, 0.15) is 0 Å². The van der Waals surface area contributed by atoms with Crippen LogP contribution in [0.15, 0.2) is 6.20 Å². The minimum absolute atomic E-state index is 0.462. The number of rotatable bonds is 5. The van der Waals surface area contributed by atoms with E-state index in [-0.39, 0.29) is 0 Å². The van der Waals surface area contributed by atoms with E-state index in [1.807, 2.05) is 0 Å². The van der Waals surface area contributed by atoms with Crippen molar-refractivity contribution in [2.75, 3.05) is 25.0 Å². The third-order valence-corrected chi connectivity index (χ3v) is 3.87. The molecule has 1 N–H and O–H groups in total. The fourth-order valence-corrected chi connectivity index (χ4v) is 2.82. The van der Waals surface area contributed by atoms with Crippen molar-refractivity contribution >= 4 is 5.95 Å². The smallest absolute Gasteiger partial charge is 0.203 e. The highest BCUT2D eigenvalue weighted by Crippen LogP contribution is 2.19. The number of hydrogen-bond acceptors (Lipinski definition) is 3. The molecule has 1 aliphatic heterocycles. The molecule has 1 aliphatic rings. The number of hydrogen-bond donors (Lipinski definition) is 1. The summed E-state index contributed by atoms with van der Waals surface area (Å²) in [6.45, 7) is 12.4. The number of likely N-dealkylation sites (tertiary alicyclic amines) is 1. The molecule has 4 nitrogen and oxygen atoms in total. The summed E-state index contributed by atoms with van der Waals surface area (Å²) >= 11 is 0. The molecule has 4 heteroatoms. The molecule has 108 valence electrons. The molecule has 19 heavy (non-hydrogen) atoms. The molecular formula is C15H28N4. The standard InChI is InChI=1S/C15H28N4/c1-5-8-18-9-6-14(7-10-18)17-15-16-13(4)11-19(15)12(2)3/h11-12,14H,5-10H2,1-4H3,(H,16,17). The molecule has 1 saturated heterocycles. The summed E-state index contributed by atoms with van der Waals surface area (Å²) in [7, 11) is 0. The summed E-state index contributed by atoms with van der Waals surface area (Å²) in [5, 5.41) is 3.64. The summed E-state index contributed by atoms with van der Waals surface area (Å²) in [5.74, 6) is 1.04. The Morgan fingerprint density at radius 2 is 2.05 bits per heavy atom. The molecule has 0 spiro atoms. The first-order valence-corrected chi connectivity index (χ1v) is 7.64.